The first kappa shape index (κ1) is 12.2. The minimum Gasteiger partial charge on any atom is -0.486 e. The lowest BCUT2D eigenvalue weighted by atomic mass is 10.3. The Morgan fingerprint density at radius 2 is 2.33 bits per heavy atom. The van der Waals surface area contributed by atoms with Gasteiger partial charge in [-0.25, -0.2) is 0 Å². The van der Waals surface area contributed by atoms with Gasteiger partial charge in [0.1, 0.15) is 12.4 Å². The molecule has 0 aromatic carbocycles. The lowest BCUT2D eigenvalue weighted by molar-refractivity contribution is 0.353. The molecule has 3 nitrogen and oxygen atoms in total. The highest BCUT2D eigenvalue weighted by Crippen LogP contribution is 2.18. The van der Waals surface area contributed by atoms with Gasteiger partial charge in [0.15, 0.2) is 0 Å². The molecule has 0 aliphatic carbocycles. The Morgan fingerprint density at radius 3 is 2.93 bits per heavy atom. The molecule has 0 unspecified atom stereocenters. The molecule has 1 heterocycles. The summed E-state index contributed by atoms with van der Waals surface area (Å²) in [6.45, 7) is 6.84. The number of aryl methyl sites for hydroxylation is 1. The standard InChI is InChI=1S/C11H15BrN2O/c1-8(12)7-15-11-5-4-9(2)14-10(11)6-13-3/h4-5,13H,1,6-7H2,2-3H3. The summed E-state index contributed by atoms with van der Waals surface area (Å²) in [6.07, 6.45) is 0. The zero-order valence-electron chi connectivity index (χ0n) is 9.01. The Morgan fingerprint density at radius 1 is 1.60 bits per heavy atom. The van der Waals surface area contributed by atoms with E-state index in [0.717, 1.165) is 21.6 Å². The van der Waals surface area contributed by atoms with Gasteiger partial charge in [-0.3, -0.25) is 4.98 Å². The smallest absolute Gasteiger partial charge is 0.142 e. The molecule has 1 rings (SSSR count). The number of rotatable bonds is 5. The second-order valence-electron chi connectivity index (χ2n) is 3.23. The van der Waals surface area contributed by atoms with Crippen LogP contribution < -0.4 is 10.1 Å². The van der Waals surface area contributed by atoms with Crippen LogP contribution in [-0.2, 0) is 6.54 Å². The Kier molecular flexibility index (Phi) is 4.78. The molecule has 0 aliphatic heterocycles. The molecule has 15 heavy (non-hydrogen) atoms. The monoisotopic (exact) mass is 270 g/mol. The van der Waals surface area contributed by atoms with Gasteiger partial charge < -0.3 is 10.1 Å². The van der Waals surface area contributed by atoms with E-state index in [1.165, 1.54) is 0 Å². The second-order valence-corrected chi connectivity index (χ2v) is 4.36. The van der Waals surface area contributed by atoms with Crippen LogP contribution in [0.5, 0.6) is 5.75 Å². The first-order valence-corrected chi connectivity index (χ1v) is 5.50. The number of pyridine rings is 1. The van der Waals surface area contributed by atoms with E-state index in [1.807, 2.05) is 26.1 Å². The summed E-state index contributed by atoms with van der Waals surface area (Å²) in [5.74, 6) is 0.801. The minimum atomic E-state index is 0.460. The van der Waals surface area contributed by atoms with E-state index >= 15 is 0 Å². The van der Waals surface area contributed by atoms with Gasteiger partial charge in [-0.15, -0.1) is 0 Å². The summed E-state index contributed by atoms with van der Waals surface area (Å²) in [7, 11) is 1.89. The van der Waals surface area contributed by atoms with Gasteiger partial charge in [0.05, 0.1) is 5.69 Å². The summed E-state index contributed by atoms with van der Waals surface area (Å²) < 4.78 is 6.38. The largest absolute Gasteiger partial charge is 0.486 e. The predicted molar refractivity (Wildman–Crippen MR) is 65.3 cm³/mol. The fraction of sp³-hybridized carbons (Fsp3) is 0.364. The number of nitrogens with zero attached hydrogens (tertiary/aromatic N) is 1. The predicted octanol–water partition coefficient (Wildman–Crippen LogP) is 2.40. The van der Waals surface area contributed by atoms with Crippen LogP contribution in [0.25, 0.3) is 0 Å². The molecule has 0 saturated heterocycles. The SMILES string of the molecule is C=C(Br)COc1ccc(C)nc1CNC. The van der Waals surface area contributed by atoms with Crippen molar-refractivity contribution >= 4 is 15.9 Å². The molecule has 0 fully saturated rings. The average molecular weight is 271 g/mol. The first-order valence-electron chi connectivity index (χ1n) is 4.70. The normalized spacial score (nSPS) is 10.1. The molecule has 0 bridgehead atoms. The number of aromatic nitrogens is 1. The topological polar surface area (TPSA) is 34.1 Å². The van der Waals surface area contributed by atoms with Crippen molar-refractivity contribution in [3.05, 3.63) is 34.6 Å². The summed E-state index contributed by atoms with van der Waals surface area (Å²) in [6, 6.07) is 3.87. The van der Waals surface area contributed by atoms with Crippen LogP contribution in [-0.4, -0.2) is 18.6 Å². The van der Waals surface area contributed by atoms with Gasteiger partial charge in [-0.1, -0.05) is 22.5 Å². The maximum atomic E-state index is 5.56. The molecular weight excluding hydrogens is 256 g/mol. The van der Waals surface area contributed by atoms with E-state index in [1.54, 1.807) is 0 Å². The highest BCUT2D eigenvalue weighted by atomic mass is 79.9. The molecule has 0 amide bonds. The molecule has 0 aliphatic rings. The number of ether oxygens (including phenoxy) is 1. The molecule has 1 aromatic rings. The molecule has 1 N–H and O–H groups in total. The third kappa shape index (κ3) is 4.01. The van der Waals surface area contributed by atoms with Crippen LogP contribution >= 0.6 is 15.9 Å². The van der Waals surface area contributed by atoms with Crippen LogP contribution in [0.4, 0.5) is 0 Å². The fourth-order valence-electron chi connectivity index (χ4n) is 1.18. The zero-order valence-corrected chi connectivity index (χ0v) is 10.6. The van der Waals surface area contributed by atoms with Gasteiger partial charge in [-0.2, -0.15) is 0 Å². The van der Waals surface area contributed by atoms with Gasteiger partial charge >= 0.3 is 0 Å². The Hall–Kier alpha value is -0.870. The Labute approximate surface area is 98.7 Å². The first-order chi connectivity index (χ1) is 7.13. The van der Waals surface area contributed by atoms with Gasteiger partial charge in [0.2, 0.25) is 0 Å². The Bertz CT molecular complexity index is 352. The van der Waals surface area contributed by atoms with Crippen molar-refractivity contribution in [2.24, 2.45) is 0 Å². The van der Waals surface area contributed by atoms with Crippen LogP contribution in [0.1, 0.15) is 11.4 Å². The highest BCUT2D eigenvalue weighted by Gasteiger charge is 2.05. The van der Waals surface area contributed by atoms with E-state index in [2.05, 4.69) is 32.8 Å². The molecule has 0 saturated carbocycles. The number of halogens is 1. The van der Waals surface area contributed by atoms with Crippen molar-refractivity contribution in [3.63, 3.8) is 0 Å². The third-order valence-corrected chi connectivity index (χ3v) is 2.03. The van der Waals surface area contributed by atoms with E-state index in [-0.39, 0.29) is 0 Å². The summed E-state index contributed by atoms with van der Waals surface area (Å²) >= 11 is 3.25. The van der Waals surface area contributed by atoms with Crippen molar-refractivity contribution in [2.75, 3.05) is 13.7 Å². The highest BCUT2D eigenvalue weighted by molar-refractivity contribution is 9.11. The second kappa shape index (κ2) is 5.88. The van der Waals surface area contributed by atoms with Crippen molar-refractivity contribution in [3.8, 4) is 5.75 Å². The van der Waals surface area contributed by atoms with E-state index in [4.69, 9.17) is 4.74 Å². The van der Waals surface area contributed by atoms with Crippen LogP contribution in [0, 0.1) is 6.92 Å². The molecular formula is C11H15BrN2O. The average Bonchev–Trinajstić information content (AvgIpc) is 2.17. The maximum absolute atomic E-state index is 5.56. The molecule has 0 radical (unpaired) electrons. The summed E-state index contributed by atoms with van der Waals surface area (Å²) in [5.41, 5.74) is 1.91. The van der Waals surface area contributed by atoms with Gasteiger partial charge in [0.25, 0.3) is 0 Å². The summed E-state index contributed by atoms with van der Waals surface area (Å²) in [4.78, 5) is 4.41. The van der Waals surface area contributed by atoms with E-state index in [9.17, 15) is 0 Å². The third-order valence-electron chi connectivity index (χ3n) is 1.80. The molecule has 0 spiro atoms. The maximum Gasteiger partial charge on any atom is 0.142 e. The molecule has 82 valence electrons. The van der Waals surface area contributed by atoms with Crippen molar-refractivity contribution < 1.29 is 4.74 Å². The van der Waals surface area contributed by atoms with Crippen LogP contribution in [0.3, 0.4) is 0 Å². The van der Waals surface area contributed by atoms with Crippen molar-refractivity contribution in [1.82, 2.24) is 10.3 Å². The van der Waals surface area contributed by atoms with Crippen LogP contribution in [0.2, 0.25) is 0 Å². The van der Waals surface area contributed by atoms with Gasteiger partial charge in [0, 0.05) is 16.7 Å². The number of nitrogens with one attached hydrogen (secondary N) is 1. The number of hydrogen-bond acceptors (Lipinski definition) is 3. The quantitative estimate of drug-likeness (QED) is 0.892. The van der Waals surface area contributed by atoms with Crippen LogP contribution in [0.15, 0.2) is 23.2 Å². The lowest BCUT2D eigenvalue weighted by Gasteiger charge is -2.10. The zero-order chi connectivity index (χ0) is 11.3. The molecule has 0 atom stereocenters. The van der Waals surface area contributed by atoms with Crippen molar-refractivity contribution in [1.29, 1.82) is 0 Å². The Balaban J connectivity index is 2.80. The minimum absolute atomic E-state index is 0.460. The lowest BCUT2D eigenvalue weighted by Crippen LogP contribution is -2.10. The van der Waals surface area contributed by atoms with E-state index in [0.29, 0.717) is 13.2 Å². The molecule has 1 aromatic heterocycles. The molecule has 4 heteroatoms. The fourth-order valence-corrected chi connectivity index (χ4v) is 1.29. The number of hydrogen-bond donors (Lipinski definition) is 1. The van der Waals surface area contributed by atoms with E-state index < -0.39 is 0 Å². The van der Waals surface area contributed by atoms with Crippen molar-refractivity contribution in [2.45, 2.75) is 13.5 Å². The van der Waals surface area contributed by atoms with Gasteiger partial charge in [-0.05, 0) is 26.1 Å². The summed E-state index contributed by atoms with van der Waals surface area (Å²) in [5, 5.41) is 3.06.